The van der Waals surface area contributed by atoms with Gasteiger partial charge in [-0.3, -0.25) is 0 Å². The fourth-order valence-corrected chi connectivity index (χ4v) is 1.44. The van der Waals surface area contributed by atoms with Gasteiger partial charge in [-0.2, -0.15) is 25.3 Å². The highest BCUT2D eigenvalue weighted by Gasteiger charge is 2.11. The molecule has 62 valence electrons. The summed E-state index contributed by atoms with van der Waals surface area (Å²) in [5.41, 5.74) is 0. The first-order chi connectivity index (χ1) is 4.72. The Kier molecular flexibility index (Phi) is 6.80. The Morgan fingerprint density at radius 1 is 1.50 bits per heavy atom. The van der Waals surface area contributed by atoms with Gasteiger partial charge < -0.3 is 5.11 Å². The third-order valence-electron chi connectivity index (χ3n) is 1.48. The van der Waals surface area contributed by atoms with Gasteiger partial charge in [0.25, 0.3) is 0 Å². The van der Waals surface area contributed by atoms with E-state index in [2.05, 4.69) is 32.2 Å². The van der Waals surface area contributed by atoms with Crippen LogP contribution >= 0.6 is 25.3 Å². The van der Waals surface area contributed by atoms with Gasteiger partial charge in [0.15, 0.2) is 0 Å². The van der Waals surface area contributed by atoms with Gasteiger partial charge in [0.05, 0.1) is 6.10 Å². The number of hydrogen-bond donors (Lipinski definition) is 3. The predicted molar refractivity (Wildman–Crippen MR) is 52.2 cm³/mol. The summed E-state index contributed by atoms with van der Waals surface area (Å²) < 4.78 is 0. The molecule has 10 heavy (non-hydrogen) atoms. The molecule has 0 aliphatic carbocycles. The number of rotatable bonds is 5. The topological polar surface area (TPSA) is 20.2 Å². The second kappa shape index (κ2) is 6.38. The molecule has 0 fully saturated rings. The van der Waals surface area contributed by atoms with E-state index < -0.39 is 0 Å². The largest absolute Gasteiger partial charge is 0.391 e. The lowest BCUT2D eigenvalue weighted by atomic mass is 10.1. The molecule has 0 aromatic carbocycles. The standard InChI is InChI=1S/C7H16OS2/c1-2-3-4-7(10)6(8)5-9/h6-10H,2-5H2,1H3. The van der Waals surface area contributed by atoms with Crippen LogP contribution in [0.3, 0.4) is 0 Å². The Labute approximate surface area is 74.0 Å². The van der Waals surface area contributed by atoms with Crippen LogP contribution in [0.4, 0.5) is 0 Å². The molecule has 2 unspecified atom stereocenters. The molecular weight excluding hydrogens is 164 g/mol. The number of thiol groups is 2. The highest BCUT2D eigenvalue weighted by Crippen LogP contribution is 2.11. The lowest BCUT2D eigenvalue weighted by Gasteiger charge is -2.14. The molecule has 2 atom stereocenters. The number of aliphatic hydroxyl groups excluding tert-OH is 1. The van der Waals surface area contributed by atoms with Crippen molar-refractivity contribution in [3.63, 3.8) is 0 Å². The summed E-state index contributed by atoms with van der Waals surface area (Å²) in [5.74, 6) is 0.512. The van der Waals surface area contributed by atoms with E-state index in [1.165, 1.54) is 0 Å². The van der Waals surface area contributed by atoms with Crippen molar-refractivity contribution in [2.24, 2.45) is 0 Å². The van der Waals surface area contributed by atoms with Crippen LogP contribution in [0, 0.1) is 0 Å². The van der Waals surface area contributed by atoms with Gasteiger partial charge in [-0.05, 0) is 6.42 Å². The summed E-state index contributed by atoms with van der Waals surface area (Å²) in [6.45, 7) is 2.13. The summed E-state index contributed by atoms with van der Waals surface area (Å²) in [4.78, 5) is 0. The van der Waals surface area contributed by atoms with Crippen LogP contribution in [-0.2, 0) is 0 Å². The van der Waals surface area contributed by atoms with Gasteiger partial charge >= 0.3 is 0 Å². The SMILES string of the molecule is CCCCC(S)C(O)CS. The highest BCUT2D eigenvalue weighted by molar-refractivity contribution is 7.81. The zero-order valence-electron chi connectivity index (χ0n) is 6.32. The normalized spacial score (nSPS) is 16.8. The van der Waals surface area contributed by atoms with E-state index in [9.17, 15) is 5.11 Å². The molecule has 0 aliphatic rings. The van der Waals surface area contributed by atoms with Crippen molar-refractivity contribution < 1.29 is 5.11 Å². The van der Waals surface area contributed by atoms with Gasteiger partial charge in [-0.15, -0.1) is 0 Å². The molecular formula is C7H16OS2. The minimum absolute atomic E-state index is 0.109. The van der Waals surface area contributed by atoms with E-state index in [1.54, 1.807) is 0 Å². The first-order valence-corrected chi connectivity index (χ1v) is 4.84. The maximum atomic E-state index is 9.20. The first-order valence-electron chi connectivity index (χ1n) is 3.69. The monoisotopic (exact) mass is 180 g/mol. The fourth-order valence-electron chi connectivity index (χ4n) is 0.727. The van der Waals surface area contributed by atoms with Gasteiger partial charge in [0, 0.05) is 11.0 Å². The molecule has 0 bridgehead atoms. The van der Waals surface area contributed by atoms with Crippen LogP contribution in [0.25, 0.3) is 0 Å². The molecule has 0 aliphatic heterocycles. The van der Waals surface area contributed by atoms with Gasteiger partial charge in [-0.1, -0.05) is 19.8 Å². The zero-order chi connectivity index (χ0) is 7.98. The quantitative estimate of drug-likeness (QED) is 0.551. The Morgan fingerprint density at radius 2 is 2.10 bits per heavy atom. The smallest absolute Gasteiger partial charge is 0.0743 e. The summed E-state index contributed by atoms with van der Waals surface area (Å²) in [5, 5.41) is 9.31. The van der Waals surface area contributed by atoms with Crippen molar-refractivity contribution in [2.75, 3.05) is 5.75 Å². The highest BCUT2D eigenvalue weighted by atomic mass is 32.1. The van der Waals surface area contributed by atoms with E-state index in [1.807, 2.05) is 0 Å². The molecule has 0 amide bonds. The van der Waals surface area contributed by atoms with E-state index in [0.717, 1.165) is 19.3 Å². The molecule has 0 heterocycles. The van der Waals surface area contributed by atoms with Crippen LogP contribution in [0.1, 0.15) is 26.2 Å². The Bertz CT molecular complexity index is 78.0. The van der Waals surface area contributed by atoms with Crippen molar-refractivity contribution in [2.45, 2.75) is 37.5 Å². The summed E-state index contributed by atoms with van der Waals surface area (Å²) >= 11 is 8.22. The lowest BCUT2D eigenvalue weighted by molar-refractivity contribution is 0.192. The third kappa shape index (κ3) is 4.47. The van der Waals surface area contributed by atoms with Gasteiger partial charge in [0.2, 0.25) is 0 Å². The number of aliphatic hydroxyl groups is 1. The van der Waals surface area contributed by atoms with Crippen molar-refractivity contribution >= 4 is 25.3 Å². The maximum absolute atomic E-state index is 9.20. The van der Waals surface area contributed by atoms with Crippen LogP contribution in [0.5, 0.6) is 0 Å². The molecule has 0 radical (unpaired) electrons. The molecule has 1 N–H and O–H groups in total. The van der Waals surface area contributed by atoms with Crippen LogP contribution in [0.15, 0.2) is 0 Å². The number of hydrogen-bond acceptors (Lipinski definition) is 3. The molecule has 0 rings (SSSR count). The van der Waals surface area contributed by atoms with Crippen molar-refractivity contribution in [1.29, 1.82) is 0 Å². The van der Waals surface area contributed by atoms with Crippen LogP contribution in [0.2, 0.25) is 0 Å². The molecule has 0 saturated heterocycles. The molecule has 3 heteroatoms. The van der Waals surface area contributed by atoms with Gasteiger partial charge in [-0.25, -0.2) is 0 Å². The van der Waals surface area contributed by atoms with Crippen molar-refractivity contribution in [3.8, 4) is 0 Å². The average Bonchev–Trinajstić information content (AvgIpc) is 1.98. The third-order valence-corrected chi connectivity index (χ3v) is 2.46. The second-order valence-corrected chi connectivity index (χ2v) is 3.49. The Balaban J connectivity index is 3.31. The average molecular weight is 180 g/mol. The van der Waals surface area contributed by atoms with Crippen molar-refractivity contribution in [3.05, 3.63) is 0 Å². The first kappa shape index (κ1) is 10.7. The molecule has 0 aromatic heterocycles. The maximum Gasteiger partial charge on any atom is 0.0743 e. The van der Waals surface area contributed by atoms with Crippen LogP contribution in [-0.4, -0.2) is 22.2 Å². The van der Waals surface area contributed by atoms with Crippen LogP contribution < -0.4 is 0 Å². The van der Waals surface area contributed by atoms with Crippen molar-refractivity contribution in [1.82, 2.24) is 0 Å². The van der Waals surface area contributed by atoms with E-state index in [-0.39, 0.29) is 11.4 Å². The molecule has 0 spiro atoms. The Morgan fingerprint density at radius 3 is 2.50 bits per heavy atom. The molecule has 1 nitrogen and oxygen atoms in total. The van der Waals surface area contributed by atoms with Gasteiger partial charge in [0.1, 0.15) is 0 Å². The minimum Gasteiger partial charge on any atom is -0.391 e. The van der Waals surface area contributed by atoms with E-state index in [4.69, 9.17) is 0 Å². The summed E-state index contributed by atoms with van der Waals surface area (Å²) in [6, 6.07) is 0. The summed E-state index contributed by atoms with van der Waals surface area (Å²) in [6.07, 6.45) is 2.94. The molecule has 0 aromatic rings. The zero-order valence-corrected chi connectivity index (χ0v) is 8.11. The second-order valence-electron chi connectivity index (χ2n) is 2.46. The number of unbranched alkanes of at least 4 members (excludes halogenated alkanes) is 1. The lowest BCUT2D eigenvalue weighted by Crippen LogP contribution is -2.22. The Hall–Kier alpha value is 0.660. The fraction of sp³-hybridized carbons (Fsp3) is 1.00. The minimum atomic E-state index is -0.349. The summed E-state index contributed by atoms with van der Waals surface area (Å²) in [7, 11) is 0. The predicted octanol–water partition coefficient (Wildman–Crippen LogP) is 1.77. The van der Waals surface area contributed by atoms with E-state index >= 15 is 0 Å². The van der Waals surface area contributed by atoms with E-state index in [0.29, 0.717) is 5.75 Å². The molecule has 0 saturated carbocycles.